The zero-order chi connectivity index (χ0) is 49.2. The first-order valence-electron chi connectivity index (χ1n) is 26.1. The number of hydrogen-bond acceptors (Lipinski definition) is 1. The van der Waals surface area contributed by atoms with Gasteiger partial charge in [-0.05, 0) is 148 Å². The maximum absolute atomic E-state index is 2.54. The summed E-state index contributed by atoms with van der Waals surface area (Å²) in [5, 5.41) is 10.1. The van der Waals surface area contributed by atoms with Crippen molar-refractivity contribution in [2.75, 3.05) is 4.90 Å². The van der Waals surface area contributed by atoms with E-state index < -0.39 is 5.41 Å². The van der Waals surface area contributed by atoms with Gasteiger partial charge in [-0.2, -0.15) is 0 Å². The van der Waals surface area contributed by atoms with Crippen LogP contribution in [0.3, 0.4) is 0 Å². The Bertz CT molecular complexity index is 4540. The van der Waals surface area contributed by atoms with Crippen LogP contribution >= 0.6 is 0 Å². The molecule has 2 aliphatic carbocycles. The monoisotopic (exact) mass is 950 g/mol. The van der Waals surface area contributed by atoms with Gasteiger partial charge >= 0.3 is 0 Å². The highest BCUT2D eigenvalue weighted by Crippen LogP contribution is 2.65. The van der Waals surface area contributed by atoms with Crippen molar-refractivity contribution in [2.45, 2.75) is 5.41 Å². The maximum Gasteiger partial charge on any atom is 0.0746 e. The second-order valence-electron chi connectivity index (χ2n) is 20.3. The predicted molar refractivity (Wildman–Crippen MR) is 315 cm³/mol. The van der Waals surface area contributed by atoms with E-state index in [0.29, 0.717) is 0 Å². The van der Waals surface area contributed by atoms with E-state index in [1.807, 2.05) is 0 Å². The molecule has 0 unspecified atom stereocenters. The fraction of sp³-hybridized carbons (Fsp3) is 0.0137. The summed E-state index contributed by atoms with van der Waals surface area (Å²) in [6.07, 6.45) is 0. The Morgan fingerprint density at radius 1 is 0.267 bits per heavy atom. The van der Waals surface area contributed by atoms with E-state index in [2.05, 4.69) is 289 Å². The molecule has 0 fully saturated rings. The van der Waals surface area contributed by atoms with E-state index in [1.165, 1.54) is 127 Å². The molecule has 0 atom stereocenters. The van der Waals surface area contributed by atoms with Crippen LogP contribution < -0.4 is 4.90 Å². The summed E-state index contributed by atoms with van der Waals surface area (Å²) in [6, 6.07) is 104. The number of aromatic nitrogens is 1. The minimum atomic E-state index is -0.530. The van der Waals surface area contributed by atoms with Crippen molar-refractivity contribution in [1.29, 1.82) is 0 Å². The highest BCUT2D eigenvalue weighted by atomic mass is 15.1. The lowest BCUT2D eigenvalue weighted by atomic mass is 9.70. The Labute approximate surface area is 435 Å². The molecule has 0 amide bonds. The number of hydrogen-bond donors (Lipinski definition) is 0. The van der Waals surface area contributed by atoms with Gasteiger partial charge in [0.2, 0.25) is 0 Å². The van der Waals surface area contributed by atoms with E-state index >= 15 is 0 Å². The summed E-state index contributed by atoms with van der Waals surface area (Å²) in [7, 11) is 0. The lowest BCUT2D eigenvalue weighted by molar-refractivity contribution is 0.793. The lowest BCUT2D eigenvalue weighted by Crippen LogP contribution is -2.28. The zero-order valence-corrected chi connectivity index (χ0v) is 41.0. The highest BCUT2D eigenvalue weighted by molar-refractivity contribution is 6.26. The molecule has 16 rings (SSSR count). The number of nitrogens with zero attached hydrogens (tertiary/aromatic N) is 2. The van der Waals surface area contributed by atoms with E-state index in [0.717, 1.165) is 17.1 Å². The number of anilines is 3. The molecule has 0 radical (unpaired) electrons. The van der Waals surface area contributed by atoms with Gasteiger partial charge in [-0.15, -0.1) is 0 Å². The van der Waals surface area contributed by atoms with Crippen LogP contribution in [0, 0.1) is 0 Å². The van der Waals surface area contributed by atoms with Crippen LogP contribution in [0.1, 0.15) is 22.3 Å². The number of para-hydroxylation sites is 2. The summed E-state index contributed by atoms with van der Waals surface area (Å²) in [4.78, 5) is 2.54. The van der Waals surface area contributed by atoms with E-state index in [9.17, 15) is 0 Å². The molecule has 2 aliphatic rings. The van der Waals surface area contributed by atoms with Gasteiger partial charge in [-0.25, -0.2) is 0 Å². The molecule has 1 heterocycles. The molecule has 2 heteroatoms. The van der Waals surface area contributed by atoms with Crippen LogP contribution in [-0.4, -0.2) is 4.57 Å². The second-order valence-corrected chi connectivity index (χ2v) is 20.3. The van der Waals surface area contributed by atoms with Crippen molar-refractivity contribution in [1.82, 2.24) is 4.57 Å². The molecule has 75 heavy (non-hydrogen) atoms. The van der Waals surface area contributed by atoms with Crippen LogP contribution in [0.15, 0.2) is 279 Å². The zero-order valence-electron chi connectivity index (χ0n) is 41.0. The molecule has 14 aromatic rings. The van der Waals surface area contributed by atoms with Crippen LogP contribution in [0.25, 0.3) is 104 Å². The van der Waals surface area contributed by atoms with E-state index in [1.54, 1.807) is 0 Å². The largest absolute Gasteiger partial charge is 0.310 e. The van der Waals surface area contributed by atoms with Gasteiger partial charge in [0.05, 0.1) is 22.1 Å². The van der Waals surface area contributed by atoms with Crippen molar-refractivity contribution < 1.29 is 0 Å². The van der Waals surface area contributed by atoms with Crippen molar-refractivity contribution in [3.8, 4) is 50.2 Å². The first kappa shape index (κ1) is 41.8. The fourth-order valence-electron chi connectivity index (χ4n) is 13.4. The maximum atomic E-state index is 2.54. The average Bonchev–Trinajstić information content (AvgIpc) is 4.29. The molecule has 0 aliphatic heterocycles. The molecule has 0 N–H and O–H groups in total. The highest BCUT2D eigenvalue weighted by Gasteiger charge is 2.53. The minimum Gasteiger partial charge on any atom is -0.310 e. The van der Waals surface area contributed by atoms with E-state index in [4.69, 9.17) is 0 Å². The second kappa shape index (κ2) is 16.1. The normalized spacial score (nSPS) is 12.9. The van der Waals surface area contributed by atoms with Gasteiger partial charge in [0.25, 0.3) is 0 Å². The van der Waals surface area contributed by atoms with Gasteiger partial charge < -0.3 is 9.47 Å². The predicted octanol–water partition coefficient (Wildman–Crippen LogP) is 19.4. The first-order chi connectivity index (χ1) is 37.2. The molecule has 2 nitrogen and oxygen atoms in total. The Kier molecular flexibility index (Phi) is 8.99. The molecule has 13 aromatic carbocycles. The minimum absolute atomic E-state index is 0.530. The third kappa shape index (κ3) is 5.97. The Hall–Kier alpha value is -9.76. The number of fused-ring (bicyclic) bond motifs is 19. The average molecular weight is 951 g/mol. The molecule has 0 bridgehead atoms. The Morgan fingerprint density at radius 2 is 0.693 bits per heavy atom. The summed E-state index contributed by atoms with van der Waals surface area (Å²) in [5.74, 6) is 0. The fourth-order valence-corrected chi connectivity index (χ4v) is 13.4. The summed E-state index contributed by atoms with van der Waals surface area (Å²) in [5.41, 5.74) is 21.6. The lowest BCUT2D eigenvalue weighted by Gasteiger charge is -2.36. The van der Waals surface area contributed by atoms with Crippen LogP contribution in [0.2, 0.25) is 0 Å². The third-order valence-corrected chi connectivity index (χ3v) is 16.6. The summed E-state index contributed by atoms with van der Waals surface area (Å²) < 4.78 is 2.39. The van der Waals surface area contributed by atoms with Gasteiger partial charge in [0, 0.05) is 33.4 Å². The van der Waals surface area contributed by atoms with Gasteiger partial charge in [-0.3, -0.25) is 0 Å². The number of rotatable bonds is 6. The van der Waals surface area contributed by atoms with Crippen molar-refractivity contribution in [2.24, 2.45) is 0 Å². The molecule has 1 spiro atoms. The first-order valence-corrected chi connectivity index (χ1v) is 26.1. The molecular weight excluding hydrogens is 905 g/mol. The number of benzene rings is 13. The van der Waals surface area contributed by atoms with Gasteiger partial charge in [0.1, 0.15) is 0 Å². The van der Waals surface area contributed by atoms with Crippen molar-refractivity contribution in [3.05, 3.63) is 301 Å². The molecule has 0 saturated heterocycles. The Morgan fingerprint density at radius 3 is 1.32 bits per heavy atom. The topological polar surface area (TPSA) is 8.17 Å². The smallest absolute Gasteiger partial charge is 0.0746 e. The van der Waals surface area contributed by atoms with Gasteiger partial charge in [0.15, 0.2) is 0 Å². The molecule has 1 aromatic heterocycles. The van der Waals surface area contributed by atoms with Gasteiger partial charge in [-0.1, -0.05) is 224 Å². The molecular formula is C73H46N2. The quantitative estimate of drug-likeness (QED) is 0.151. The SMILES string of the molecule is c1ccc(-n2c3ccccc3c3ccc(-c4ccc(-c5ccc(N(c6ccc7c8ccccc8c8ccccc8c7c6)c6cccc7c6C6(c8ccccc8-c8ccccc86)c6ccccc6-7)cc5)cc4)cc32)cc1. The van der Waals surface area contributed by atoms with Crippen molar-refractivity contribution in [3.63, 3.8) is 0 Å². The molecule has 0 saturated carbocycles. The van der Waals surface area contributed by atoms with Crippen LogP contribution in [-0.2, 0) is 5.41 Å². The van der Waals surface area contributed by atoms with Crippen molar-refractivity contribution >= 4 is 71.2 Å². The standard InChI is InChI=1S/C73H46N2/c1-2-17-51(18-3-1)75-69-31-15-11-26-62(69)63-43-39-50(45-71(63)75)49-35-33-47(34-36-49)48-37-40-52(41-38-48)74(53-42-44-58-56-21-5-4-19-54(56)55-20-6-7-22-57(55)65(58)46-53)70-32-16-27-64-61-25-10-14-30-68(61)73(72(64)70)66-28-12-8-23-59(66)60-24-9-13-29-67(60)73/h1-46H. The van der Waals surface area contributed by atoms with E-state index in [-0.39, 0.29) is 0 Å². The third-order valence-electron chi connectivity index (χ3n) is 16.6. The summed E-state index contributed by atoms with van der Waals surface area (Å²) in [6.45, 7) is 0. The van der Waals surface area contributed by atoms with Crippen LogP contribution in [0.4, 0.5) is 17.1 Å². The Balaban J connectivity index is 0.865. The summed E-state index contributed by atoms with van der Waals surface area (Å²) >= 11 is 0. The molecule has 348 valence electrons. The van der Waals surface area contributed by atoms with Crippen LogP contribution in [0.5, 0.6) is 0 Å².